The van der Waals surface area contributed by atoms with E-state index in [9.17, 15) is 0 Å². The summed E-state index contributed by atoms with van der Waals surface area (Å²) in [6.45, 7) is 8.11. The third kappa shape index (κ3) is 145. The summed E-state index contributed by atoms with van der Waals surface area (Å²) in [5, 5.41) is 23.3. The van der Waals surface area contributed by atoms with Crippen molar-refractivity contribution in [2.45, 2.75) is 27.7 Å². The first-order valence-corrected chi connectivity index (χ1v) is 3.93. The van der Waals surface area contributed by atoms with Gasteiger partial charge in [0.1, 0.15) is 0 Å². The van der Waals surface area contributed by atoms with Gasteiger partial charge in [-0.3, -0.25) is 0 Å². The van der Waals surface area contributed by atoms with Crippen LogP contribution in [0.25, 0.3) is 0 Å². The fourth-order valence-corrected chi connectivity index (χ4v) is 0. The van der Waals surface area contributed by atoms with Gasteiger partial charge in [0.05, 0.1) is 0 Å². The molecule has 3 nitrogen and oxygen atoms in total. The molecule has 0 rings (SSSR count). The van der Waals surface area contributed by atoms with Gasteiger partial charge < -0.3 is 15.3 Å². The molecule has 0 aromatic rings. The Balaban J connectivity index is -0.0000000406. The molecule has 0 saturated carbocycles. The van der Waals surface area contributed by atoms with E-state index in [0.717, 1.165) is 0 Å². The number of hydrogen-bond acceptors (Lipinski definition) is 3. The zero-order valence-corrected chi connectivity index (χ0v) is 10.1. The van der Waals surface area contributed by atoms with E-state index in [2.05, 4.69) is 0 Å². The molecule has 3 N–H and O–H groups in total. The largest absolute Gasteiger partial charge is 0.397 e. The summed E-state index contributed by atoms with van der Waals surface area (Å²) < 4.78 is 0. The molecule has 0 spiro atoms. The average Bonchev–Trinajstić information content (AvgIpc) is 1.91. The van der Waals surface area contributed by atoms with E-state index in [1.807, 2.05) is 13.8 Å². The Bertz CT molecular complexity index is 41.3. The fourth-order valence-electron chi connectivity index (χ4n) is 0. The number of aliphatic hydroxyl groups is 3. The maximum Gasteiger partial charge on any atom is 0.0453 e. The third-order valence-electron chi connectivity index (χ3n) is 0.365. The van der Waals surface area contributed by atoms with Crippen molar-refractivity contribution in [1.82, 2.24) is 0 Å². The Morgan fingerprint density at radius 1 is 0.917 bits per heavy atom. The van der Waals surface area contributed by atoms with Gasteiger partial charge in [-0.15, -0.1) is 0 Å². The van der Waals surface area contributed by atoms with Gasteiger partial charge in [0.25, 0.3) is 0 Å². The number of rotatable bonds is 1. The summed E-state index contributed by atoms with van der Waals surface area (Å²) >= 11 is 0. The molecule has 0 radical (unpaired) electrons. The van der Waals surface area contributed by atoms with Crippen molar-refractivity contribution in [2.24, 2.45) is 5.92 Å². The molecule has 0 unspecified atom stereocenters. The van der Waals surface area contributed by atoms with Crippen LogP contribution in [0.4, 0.5) is 0 Å². The maximum atomic E-state index is 8.14. The van der Waals surface area contributed by atoms with E-state index >= 15 is 0 Å². The van der Waals surface area contributed by atoms with E-state index < -0.39 is 0 Å². The summed E-state index contributed by atoms with van der Waals surface area (Å²) in [5.41, 5.74) is 0. The predicted octanol–water partition coefficient (Wildman–Crippen LogP) is 0.629. The van der Waals surface area contributed by atoms with Crippen molar-refractivity contribution in [1.29, 1.82) is 0 Å². The number of aliphatic hydroxyl groups excluding tert-OH is 3. The minimum Gasteiger partial charge on any atom is -0.397 e. The van der Waals surface area contributed by atoms with Crippen LogP contribution in [-0.2, 0) is 21.7 Å². The molecule has 0 saturated heterocycles. The molecular formula is C8H22O3Ti. The van der Waals surface area contributed by atoms with Crippen molar-refractivity contribution in [3.8, 4) is 0 Å². The maximum absolute atomic E-state index is 8.14. The van der Waals surface area contributed by atoms with E-state index in [4.69, 9.17) is 15.3 Å². The molecule has 76 valence electrons. The van der Waals surface area contributed by atoms with E-state index in [1.54, 1.807) is 13.8 Å². The van der Waals surface area contributed by atoms with E-state index in [-0.39, 0.29) is 34.9 Å². The van der Waals surface area contributed by atoms with Gasteiger partial charge in [-0.25, -0.2) is 0 Å². The van der Waals surface area contributed by atoms with Crippen LogP contribution in [-0.4, -0.2) is 35.1 Å². The zero-order chi connectivity index (χ0) is 9.70. The Hall–Kier alpha value is 0.594. The summed E-state index contributed by atoms with van der Waals surface area (Å²) in [6.07, 6.45) is 0. The topological polar surface area (TPSA) is 60.7 Å². The summed E-state index contributed by atoms with van der Waals surface area (Å²) in [5.74, 6) is 0.440. The van der Waals surface area contributed by atoms with Crippen molar-refractivity contribution in [3.63, 3.8) is 0 Å². The smallest absolute Gasteiger partial charge is 0.0453 e. The standard InChI is InChI=1S/C4H10O.2C2H6O.Ti/c1-4(2)3-5;2*1-2-3;/h4-5H,3H2,1-2H3;2*3H,2H2,1H3;. The van der Waals surface area contributed by atoms with Crippen molar-refractivity contribution in [3.05, 3.63) is 0 Å². The molecule has 0 aliphatic carbocycles. The molecule has 0 atom stereocenters. The van der Waals surface area contributed by atoms with Crippen molar-refractivity contribution < 1.29 is 37.0 Å². The molecule has 0 fully saturated rings. The van der Waals surface area contributed by atoms with Gasteiger partial charge in [0.2, 0.25) is 0 Å². The number of hydrogen-bond donors (Lipinski definition) is 3. The average molecular weight is 214 g/mol. The van der Waals surface area contributed by atoms with E-state index in [1.165, 1.54) is 0 Å². The Labute approximate surface area is 90.7 Å². The van der Waals surface area contributed by atoms with Crippen LogP contribution in [0.1, 0.15) is 27.7 Å². The van der Waals surface area contributed by atoms with Gasteiger partial charge in [0.15, 0.2) is 0 Å². The minimum absolute atomic E-state index is 0. The van der Waals surface area contributed by atoms with Gasteiger partial charge in [-0.1, -0.05) is 13.8 Å². The van der Waals surface area contributed by atoms with Crippen molar-refractivity contribution in [2.75, 3.05) is 19.8 Å². The van der Waals surface area contributed by atoms with Crippen LogP contribution in [0, 0.1) is 5.92 Å². The van der Waals surface area contributed by atoms with Gasteiger partial charge in [-0.05, 0) is 19.8 Å². The van der Waals surface area contributed by atoms with Gasteiger partial charge >= 0.3 is 0 Å². The summed E-state index contributed by atoms with van der Waals surface area (Å²) in [4.78, 5) is 0. The fraction of sp³-hybridized carbons (Fsp3) is 1.00. The first-order chi connectivity index (χ1) is 5.10. The second-order valence-electron chi connectivity index (χ2n) is 2.21. The van der Waals surface area contributed by atoms with Crippen LogP contribution in [0.3, 0.4) is 0 Å². The van der Waals surface area contributed by atoms with Crippen LogP contribution >= 0.6 is 0 Å². The van der Waals surface area contributed by atoms with Crippen LogP contribution in [0.15, 0.2) is 0 Å². The zero-order valence-electron chi connectivity index (χ0n) is 8.54. The first-order valence-electron chi connectivity index (χ1n) is 3.93. The molecule has 0 bridgehead atoms. The molecule has 12 heavy (non-hydrogen) atoms. The summed E-state index contributed by atoms with van der Waals surface area (Å²) in [6, 6.07) is 0. The predicted molar refractivity (Wildman–Crippen MR) is 47.4 cm³/mol. The Morgan fingerprint density at radius 2 is 1.00 bits per heavy atom. The molecule has 4 heteroatoms. The van der Waals surface area contributed by atoms with Crippen LogP contribution < -0.4 is 0 Å². The molecule has 0 aliphatic rings. The second kappa shape index (κ2) is 29.9. The first kappa shape index (κ1) is 22.9. The van der Waals surface area contributed by atoms with Crippen LogP contribution in [0.2, 0.25) is 0 Å². The third-order valence-corrected chi connectivity index (χ3v) is 0.365. The minimum atomic E-state index is 0. The SMILES string of the molecule is CC(C)CO.CCO.CCO.[Ti]. The monoisotopic (exact) mass is 214 g/mol. The molecule has 0 amide bonds. The molecule has 0 heterocycles. The molecular weight excluding hydrogens is 192 g/mol. The van der Waals surface area contributed by atoms with Gasteiger partial charge in [-0.2, -0.15) is 0 Å². The summed E-state index contributed by atoms with van der Waals surface area (Å²) in [7, 11) is 0. The Morgan fingerprint density at radius 3 is 1.00 bits per heavy atom. The van der Waals surface area contributed by atoms with Gasteiger partial charge in [0, 0.05) is 41.5 Å². The van der Waals surface area contributed by atoms with Crippen LogP contribution in [0.5, 0.6) is 0 Å². The molecule has 0 aromatic carbocycles. The normalized spacial score (nSPS) is 7.00. The Kier molecular flexibility index (Phi) is 57.2. The quantitative estimate of drug-likeness (QED) is 0.561. The van der Waals surface area contributed by atoms with Crippen molar-refractivity contribution >= 4 is 0 Å². The molecule has 0 aromatic heterocycles. The van der Waals surface area contributed by atoms with E-state index in [0.29, 0.717) is 12.5 Å². The molecule has 0 aliphatic heterocycles. The second-order valence-corrected chi connectivity index (χ2v) is 2.21.